The van der Waals surface area contributed by atoms with E-state index in [1.807, 2.05) is 19.1 Å². The third-order valence-electron chi connectivity index (χ3n) is 2.70. The van der Waals surface area contributed by atoms with Gasteiger partial charge >= 0.3 is 0 Å². The molecule has 0 saturated carbocycles. The maximum Gasteiger partial charge on any atom is 0.136 e. The van der Waals surface area contributed by atoms with E-state index < -0.39 is 0 Å². The summed E-state index contributed by atoms with van der Waals surface area (Å²) in [6.45, 7) is 4.04. The molecule has 0 aliphatic carbocycles. The number of nitrogens with zero attached hydrogens (tertiary/aromatic N) is 1. The first-order chi connectivity index (χ1) is 8.58. The van der Waals surface area contributed by atoms with Crippen LogP contribution in [0, 0.1) is 6.92 Å². The van der Waals surface area contributed by atoms with Crippen molar-refractivity contribution in [2.75, 3.05) is 5.32 Å². The van der Waals surface area contributed by atoms with Crippen molar-refractivity contribution in [3.05, 3.63) is 45.8 Å². The highest BCUT2D eigenvalue weighted by Gasteiger charge is 2.11. The van der Waals surface area contributed by atoms with Crippen LogP contribution in [0.25, 0.3) is 0 Å². The number of aromatic nitrogens is 1. The van der Waals surface area contributed by atoms with Gasteiger partial charge in [0.1, 0.15) is 10.8 Å². The van der Waals surface area contributed by atoms with Gasteiger partial charge in [-0.05, 0) is 48.4 Å². The molecule has 2 rings (SSSR count). The molecular formula is C13H15N3S2. The van der Waals surface area contributed by atoms with Gasteiger partial charge in [-0.15, -0.1) is 0 Å². The maximum absolute atomic E-state index is 5.71. The number of anilines is 1. The van der Waals surface area contributed by atoms with Crippen LogP contribution in [-0.2, 0) is 0 Å². The van der Waals surface area contributed by atoms with Crippen LogP contribution >= 0.6 is 23.6 Å². The monoisotopic (exact) mass is 277 g/mol. The molecule has 5 heteroatoms. The summed E-state index contributed by atoms with van der Waals surface area (Å²) in [6.07, 6.45) is 0. The number of thiophene rings is 1. The minimum Gasteiger partial charge on any atom is -0.389 e. The van der Waals surface area contributed by atoms with Gasteiger partial charge in [-0.2, -0.15) is 11.3 Å². The van der Waals surface area contributed by atoms with Crippen molar-refractivity contribution in [1.29, 1.82) is 0 Å². The molecule has 0 aromatic carbocycles. The first kappa shape index (κ1) is 13.0. The molecule has 2 aromatic heterocycles. The predicted octanol–water partition coefficient (Wildman–Crippen LogP) is 3.26. The summed E-state index contributed by atoms with van der Waals surface area (Å²) < 4.78 is 0. The molecule has 18 heavy (non-hydrogen) atoms. The lowest BCUT2D eigenvalue weighted by Crippen LogP contribution is -2.16. The van der Waals surface area contributed by atoms with Gasteiger partial charge in [0.2, 0.25) is 0 Å². The number of hydrogen-bond donors (Lipinski definition) is 2. The zero-order valence-electron chi connectivity index (χ0n) is 10.3. The summed E-state index contributed by atoms with van der Waals surface area (Å²) in [5.74, 6) is 0.751. The molecule has 3 N–H and O–H groups in total. The number of aryl methyl sites for hydroxylation is 1. The Hall–Kier alpha value is -1.46. The number of hydrogen-bond acceptors (Lipinski definition) is 4. The average molecular weight is 277 g/mol. The van der Waals surface area contributed by atoms with Crippen LogP contribution in [-0.4, -0.2) is 9.97 Å². The molecule has 0 amide bonds. The van der Waals surface area contributed by atoms with E-state index in [2.05, 4.69) is 34.1 Å². The topological polar surface area (TPSA) is 50.9 Å². The van der Waals surface area contributed by atoms with Crippen molar-refractivity contribution in [3.8, 4) is 0 Å². The van der Waals surface area contributed by atoms with Crippen molar-refractivity contribution in [1.82, 2.24) is 4.98 Å². The van der Waals surface area contributed by atoms with Crippen LogP contribution in [0.5, 0.6) is 0 Å². The van der Waals surface area contributed by atoms with Crippen LogP contribution < -0.4 is 11.1 Å². The zero-order chi connectivity index (χ0) is 13.1. The third-order valence-corrected chi connectivity index (χ3v) is 3.62. The van der Waals surface area contributed by atoms with Gasteiger partial charge in [0.15, 0.2) is 0 Å². The SMILES string of the molecule is Cc1ccc(C(N)=S)c(NC(C)c2ccsc2)n1. The Bertz CT molecular complexity index is 549. The fraction of sp³-hybridized carbons (Fsp3) is 0.231. The molecule has 1 atom stereocenters. The Balaban J connectivity index is 2.28. The van der Waals surface area contributed by atoms with E-state index in [4.69, 9.17) is 18.0 Å². The zero-order valence-corrected chi connectivity index (χ0v) is 11.9. The molecule has 0 radical (unpaired) electrons. The number of rotatable bonds is 4. The second-order valence-electron chi connectivity index (χ2n) is 4.14. The summed E-state index contributed by atoms with van der Waals surface area (Å²) in [4.78, 5) is 4.83. The molecule has 2 aromatic rings. The lowest BCUT2D eigenvalue weighted by Gasteiger charge is -2.16. The molecule has 0 aliphatic heterocycles. The Morgan fingerprint density at radius 2 is 2.22 bits per heavy atom. The number of nitrogens with one attached hydrogen (secondary N) is 1. The van der Waals surface area contributed by atoms with Gasteiger partial charge in [0.05, 0.1) is 11.6 Å². The molecule has 0 fully saturated rings. The molecular weight excluding hydrogens is 262 g/mol. The van der Waals surface area contributed by atoms with Gasteiger partial charge in [-0.1, -0.05) is 12.2 Å². The van der Waals surface area contributed by atoms with Crippen molar-refractivity contribution in [2.45, 2.75) is 19.9 Å². The molecule has 0 bridgehead atoms. The Morgan fingerprint density at radius 3 is 2.83 bits per heavy atom. The van der Waals surface area contributed by atoms with Crippen molar-refractivity contribution < 1.29 is 0 Å². The first-order valence-electron chi connectivity index (χ1n) is 5.64. The second-order valence-corrected chi connectivity index (χ2v) is 5.36. The Morgan fingerprint density at radius 1 is 1.44 bits per heavy atom. The highest BCUT2D eigenvalue weighted by molar-refractivity contribution is 7.80. The summed E-state index contributed by atoms with van der Waals surface area (Å²) in [5.41, 5.74) is 8.68. The normalized spacial score (nSPS) is 12.1. The average Bonchev–Trinajstić information content (AvgIpc) is 2.81. The molecule has 1 unspecified atom stereocenters. The van der Waals surface area contributed by atoms with Crippen LogP contribution in [0.2, 0.25) is 0 Å². The van der Waals surface area contributed by atoms with E-state index in [0.29, 0.717) is 4.99 Å². The third kappa shape index (κ3) is 2.86. The van der Waals surface area contributed by atoms with Gasteiger partial charge in [0, 0.05) is 5.69 Å². The number of nitrogens with two attached hydrogens (primary N) is 1. The van der Waals surface area contributed by atoms with E-state index >= 15 is 0 Å². The highest BCUT2D eigenvalue weighted by Crippen LogP contribution is 2.22. The largest absolute Gasteiger partial charge is 0.389 e. The molecule has 2 heterocycles. The summed E-state index contributed by atoms with van der Waals surface area (Å²) in [6, 6.07) is 6.10. The fourth-order valence-corrected chi connectivity index (χ4v) is 2.59. The van der Waals surface area contributed by atoms with Crippen molar-refractivity contribution in [3.63, 3.8) is 0 Å². The number of pyridine rings is 1. The van der Waals surface area contributed by atoms with E-state index in [0.717, 1.165) is 17.1 Å². The first-order valence-corrected chi connectivity index (χ1v) is 6.99. The van der Waals surface area contributed by atoms with Crippen LogP contribution in [0.3, 0.4) is 0 Å². The van der Waals surface area contributed by atoms with Crippen LogP contribution in [0.15, 0.2) is 29.0 Å². The van der Waals surface area contributed by atoms with Crippen LogP contribution in [0.1, 0.15) is 29.8 Å². The van der Waals surface area contributed by atoms with E-state index in [-0.39, 0.29) is 6.04 Å². The lowest BCUT2D eigenvalue weighted by molar-refractivity contribution is 0.877. The van der Waals surface area contributed by atoms with E-state index in [1.54, 1.807) is 11.3 Å². The summed E-state index contributed by atoms with van der Waals surface area (Å²) >= 11 is 6.73. The molecule has 0 aliphatic rings. The fourth-order valence-electron chi connectivity index (χ4n) is 1.68. The predicted molar refractivity (Wildman–Crippen MR) is 81.2 cm³/mol. The number of thiocarbonyl (C=S) groups is 1. The second kappa shape index (κ2) is 5.46. The standard InChI is InChI=1S/C13H15N3S2/c1-8-3-4-11(12(14)17)13(15-8)16-9(2)10-5-6-18-7-10/h3-7,9H,1-2H3,(H2,14,17)(H,15,16). The molecule has 94 valence electrons. The minimum atomic E-state index is 0.179. The highest BCUT2D eigenvalue weighted by atomic mass is 32.1. The van der Waals surface area contributed by atoms with Crippen molar-refractivity contribution in [2.24, 2.45) is 5.73 Å². The summed E-state index contributed by atoms with van der Waals surface area (Å²) in [7, 11) is 0. The van der Waals surface area contributed by atoms with Gasteiger partial charge in [-0.3, -0.25) is 0 Å². The van der Waals surface area contributed by atoms with Gasteiger partial charge in [-0.25, -0.2) is 4.98 Å². The van der Waals surface area contributed by atoms with E-state index in [9.17, 15) is 0 Å². The van der Waals surface area contributed by atoms with E-state index in [1.165, 1.54) is 5.56 Å². The summed E-state index contributed by atoms with van der Waals surface area (Å²) in [5, 5.41) is 7.54. The Labute approximate surface area is 116 Å². The van der Waals surface area contributed by atoms with Crippen LogP contribution in [0.4, 0.5) is 5.82 Å². The quantitative estimate of drug-likeness (QED) is 0.842. The molecule has 0 spiro atoms. The molecule has 0 saturated heterocycles. The van der Waals surface area contributed by atoms with Crippen molar-refractivity contribution >= 4 is 34.4 Å². The lowest BCUT2D eigenvalue weighted by atomic mass is 10.1. The molecule has 3 nitrogen and oxygen atoms in total. The van der Waals surface area contributed by atoms with Gasteiger partial charge in [0.25, 0.3) is 0 Å². The maximum atomic E-state index is 5.71. The Kier molecular flexibility index (Phi) is 3.93. The minimum absolute atomic E-state index is 0.179. The van der Waals surface area contributed by atoms with Gasteiger partial charge < -0.3 is 11.1 Å². The smallest absolute Gasteiger partial charge is 0.136 e.